The smallest absolute Gasteiger partial charge is 0.223 e. The van der Waals surface area contributed by atoms with Crippen LogP contribution in [0, 0.1) is 0 Å². The van der Waals surface area contributed by atoms with Crippen molar-refractivity contribution in [3.05, 3.63) is 0 Å². The zero-order valence-electron chi connectivity index (χ0n) is 11.1. The molecule has 0 spiro atoms. The van der Waals surface area contributed by atoms with Gasteiger partial charge in [-0.2, -0.15) is 11.8 Å². The largest absolute Gasteiger partial charge is 0.374 e. The van der Waals surface area contributed by atoms with Crippen LogP contribution in [0.4, 0.5) is 0 Å². The van der Waals surface area contributed by atoms with Crippen LogP contribution in [0.25, 0.3) is 0 Å². The first kappa shape index (κ1) is 14.8. The second-order valence-corrected chi connectivity index (χ2v) is 5.65. The molecule has 0 N–H and O–H groups in total. The highest BCUT2D eigenvalue weighted by Gasteiger charge is 2.23. The van der Waals surface area contributed by atoms with E-state index < -0.39 is 0 Å². The second-order valence-electron chi connectivity index (χ2n) is 4.67. The number of rotatable bonds is 6. The topological polar surface area (TPSA) is 32.8 Å². The summed E-state index contributed by atoms with van der Waals surface area (Å²) in [5.41, 5.74) is 0. The lowest BCUT2D eigenvalue weighted by molar-refractivity contribution is -0.138. The number of hydrogen-bond acceptors (Lipinski definition) is 4. The monoisotopic (exact) mass is 260 g/mol. The fraction of sp³-hybridized carbons (Fsp3) is 0.917. The summed E-state index contributed by atoms with van der Waals surface area (Å²) in [6, 6.07) is 0. The maximum absolute atomic E-state index is 11.9. The average molecular weight is 260 g/mol. The van der Waals surface area contributed by atoms with Gasteiger partial charge in [-0.25, -0.2) is 0 Å². The first-order valence-electron chi connectivity index (χ1n) is 6.16. The minimum absolute atomic E-state index is 0.212. The molecule has 1 fully saturated rings. The van der Waals surface area contributed by atoms with Crippen LogP contribution >= 0.6 is 11.8 Å². The standard InChI is InChI=1S/C12H24N2O2S/c1-13(2)6-4-11-10-14(7-8-16-11)12(15)5-9-17-3/h11H,4-10H2,1-3H3/t11-/m0/s1. The normalized spacial score (nSPS) is 20.9. The molecule has 0 radical (unpaired) electrons. The van der Waals surface area contributed by atoms with Gasteiger partial charge in [-0.05, 0) is 26.8 Å². The summed E-state index contributed by atoms with van der Waals surface area (Å²) in [5, 5.41) is 0. The highest BCUT2D eigenvalue weighted by molar-refractivity contribution is 7.98. The van der Waals surface area contributed by atoms with Crippen LogP contribution in [0.2, 0.25) is 0 Å². The average Bonchev–Trinajstić information content (AvgIpc) is 2.33. The van der Waals surface area contributed by atoms with Gasteiger partial charge >= 0.3 is 0 Å². The second kappa shape index (κ2) is 7.95. The van der Waals surface area contributed by atoms with Crippen LogP contribution in [0.5, 0.6) is 0 Å². The van der Waals surface area contributed by atoms with Crippen molar-refractivity contribution >= 4 is 17.7 Å². The van der Waals surface area contributed by atoms with E-state index in [0.717, 1.165) is 31.8 Å². The number of amides is 1. The number of carbonyl (C=O) groups is 1. The summed E-state index contributed by atoms with van der Waals surface area (Å²) in [4.78, 5) is 16.0. The molecule has 0 aliphatic carbocycles. The summed E-state index contributed by atoms with van der Waals surface area (Å²) in [7, 11) is 4.12. The molecule has 17 heavy (non-hydrogen) atoms. The van der Waals surface area contributed by atoms with Crippen LogP contribution in [0.15, 0.2) is 0 Å². The lowest BCUT2D eigenvalue weighted by atomic mass is 10.2. The summed E-state index contributed by atoms with van der Waals surface area (Å²) >= 11 is 1.72. The minimum Gasteiger partial charge on any atom is -0.374 e. The van der Waals surface area contributed by atoms with Gasteiger partial charge in [0.1, 0.15) is 0 Å². The van der Waals surface area contributed by atoms with Crippen LogP contribution < -0.4 is 0 Å². The Bertz CT molecular complexity index is 237. The van der Waals surface area contributed by atoms with Gasteiger partial charge in [0.25, 0.3) is 0 Å². The Kier molecular flexibility index (Phi) is 6.92. The van der Waals surface area contributed by atoms with Gasteiger partial charge in [-0.15, -0.1) is 0 Å². The predicted octanol–water partition coefficient (Wildman–Crippen LogP) is 0.919. The van der Waals surface area contributed by atoms with E-state index in [-0.39, 0.29) is 12.0 Å². The van der Waals surface area contributed by atoms with E-state index in [0.29, 0.717) is 13.0 Å². The van der Waals surface area contributed by atoms with Crippen molar-refractivity contribution in [3.63, 3.8) is 0 Å². The van der Waals surface area contributed by atoms with Crippen LogP contribution in [-0.2, 0) is 9.53 Å². The number of nitrogens with zero attached hydrogens (tertiary/aromatic N) is 2. The molecule has 0 aromatic heterocycles. The highest BCUT2D eigenvalue weighted by atomic mass is 32.2. The molecule has 0 aromatic carbocycles. The molecule has 4 nitrogen and oxygen atoms in total. The molecule has 5 heteroatoms. The first-order valence-corrected chi connectivity index (χ1v) is 7.56. The van der Waals surface area contributed by atoms with E-state index in [9.17, 15) is 4.79 Å². The van der Waals surface area contributed by atoms with Crippen molar-refractivity contribution in [2.24, 2.45) is 0 Å². The lowest BCUT2D eigenvalue weighted by Gasteiger charge is -2.33. The maximum Gasteiger partial charge on any atom is 0.223 e. The van der Waals surface area contributed by atoms with Gasteiger partial charge in [0.05, 0.1) is 12.7 Å². The van der Waals surface area contributed by atoms with Gasteiger partial charge in [0.15, 0.2) is 0 Å². The zero-order valence-corrected chi connectivity index (χ0v) is 12.0. The molecule has 0 aromatic rings. The third kappa shape index (κ3) is 5.75. The zero-order chi connectivity index (χ0) is 12.7. The fourth-order valence-electron chi connectivity index (χ4n) is 1.87. The third-order valence-corrected chi connectivity index (χ3v) is 3.52. The van der Waals surface area contributed by atoms with E-state index in [1.54, 1.807) is 11.8 Å². The summed E-state index contributed by atoms with van der Waals surface area (Å²) in [6.45, 7) is 3.22. The molecule has 0 saturated carbocycles. The molecule has 1 aliphatic rings. The number of carbonyl (C=O) groups excluding carboxylic acids is 1. The SMILES string of the molecule is CSCCC(=O)N1CCO[C@@H](CCN(C)C)C1. The van der Waals surface area contributed by atoms with Crippen molar-refractivity contribution in [1.82, 2.24) is 9.80 Å². The molecular weight excluding hydrogens is 236 g/mol. The number of ether oxygens (including phenoxy) is 1. The van der Waals surface area contributed by atoms with Crippen molar-refractivity contribution in [2.45, 2.75) is 18.9 Å². The van der Waals surface area contributed by atoms with Crippen LogP contribution in [0.3, 0.4) is 0 Å². The predicted molar refractivity (Wildman–Crippen MR) is 72.5 cm³/mol. The number of hydrogen-bond donors (Lipinski definition) is 0. The molecule has 1 heterocycles. The Morgan fingerprint density at radius 1 is 1.53 bits per heavy atom. The van der Waals surface area contributed by atoms with E-state index in [2.05, 4.69) is 19.0 Å². The number of morpholine rings is 1. The van der Waals surface area contributed by atoms with Crippen molar-refractivity contribution in [2.75, 3.05) is 52.3 Å². The first-order chi connectivity index (χ1) is 8.13. The minimum atomic E-state index is 0.212. The molecule has 0 unspecified atom stereocenters. The van der Waals surface area contributed by atoms with Gasteiger partial charge in [-0.3, -0.25) is 4.79 Å². The van der Waals surface area contributed by atoms with E-state index in [4.69, 9.17) is 4.74 Å². The van der Waals surface area contributed by atoms with E-state index >= 15 is 0 Å². The van der Waals surface area contributed by atoms with E-state index in [1.807, 2.05) is 11.2 Å². The third-order valence-electron chi connectivity index (χ3n) is 2.91. The Morgan fingerprint density at radius 3 is 2.94 bits per heavy atom. The van der Waals surface area contributed by atoms with Gasteiger partial charge < -0.3 is 14.5 Å². The lowest BCUT2D eigenvalue weighted by Crippen LogP contribution is -2.46. The molecule has 1 amide bonds. The summed E-state index contributed by atoms with van der Waals surface area (Å²) in [6.07, 6.45) is 3.90. The van der Waals surface area contributed by atoms with E-state index in [1.165, 1.54) is 0 Å². The Hall–Kier alpha value is -0.260. The summed E-state index contributed by atoms with van der Waals surface area (Å²) < 4.78 is 5.69. The number of thioether (sulfide) groups is 1. The van der Waals surface area contributed by atoms with Gasteiger partial charge in [-0.1, -0.05) is 0 Å². The molecular formula is C12H24N2O2S. The Morgan fingerprint density at radius 2 is 2.29 bits per heavy atom. The van der Waals surface area contributed by atoms with Crippen LogP contribution in [0.1, 0.15) is 12.8 Å². The van der Waals surface area contributed by atoms with Crippen molar-refractivity contribution < 1.29 is 9.53 Å². The molecule has 100 valence electrons. The summed E-state index contributed by atoms with van der Waals surface area (Å²) in [5.74, 6) is 1.19. The van der Waals surface area contributed by atoms with Crippen LogP contribution in [-0.4, -0.2) is 74.2 Å². The van der Waals surface area contributed by atoms with Gasteiger partial charge in [0.2, 0.25) is 5.91 Å². The maximum atomic E-state index is 11.9. The molecule has 1 rings (SSSR count). The molecule has 1 aliphatic heterocycles. The molecule has 1 atom stereocenters. The van der Waals surface area contributed by atoms with Crippen molar-refractivity contribution in [3.8, 4) is 0 Å². The highest BCUT2D eigenvalue weighted by Crippen LogP contribution is 2.11. The quantitative estimate of drug-likeness (QED) is 0.711. The Balaban J connectivity index is 2.30. The molecule has 1 saturated heterocycles. The van der Waals surface area contributed by atoms with Gasteiger partial charge in [0, 0.05) is 31.8 Å². The fourth-order valence-corrected chi connectivity index (χ4v) is 2.25. The molecule has 0 bridgehead atoms. The van der Waals surface area contributed by atoms with Crippen molar-refractivity contribution in [1.29, 1.82) is 0 Å². The Labute approximate surface area is 109 Å².